The molecular weight excluding hydrogens is 304 g/mol. The van der Waals surface area contributed by atoms with Crippen LogP contribution in [0, 0.1) is 0 Å². The fourth-order valence-electron chi connectivity index (χ4n) is 1.81. The summed E-state index contributed by atoms with van der Waals surface area (Å²) in [7, 11) is 0. The highest BCUT2D eigenvalue weighted by molar-refractivity contribution is 7.09. The molecule has 0 bridgehead atoms. The van der Waals surface area contributed by atoms with Gasteiger partial charge in [0.05, 0.1) is 0 Å². The SMILES string of the molecule is O=C(CCCNC(=O)c1ccsc1)NCCc1cccs1. The molecule has 0 radical (unpaired) electrons. The van der Waals surface area contributed by atoms with Crippen molar-refractivity contribution >= 4 is 34.5 Å². The molecule has 0 atom stereocenters. The maximum absolute atomic E-state index is 11.7. The molecule has 0 unspecified atom stereocenters. The first-order chi connectivity index (χ1) is 10.3. The molecule has 2 heterocycles. The van der Waals surface area contributed by atoms with E-state index in [1.165, 1.54) is 16.2 Å². The van der Waals surface area contributed by atoms with Crippen molar-refractivity contribution in [1.29, 1.82) is 0 Å². The van der Waals surface area contributed by atoms with Crippen LogP contribution in [0.5, 0.6) is 0 Å². The summed E-state index contributed by atoms with van der Waals surface area (Å²) >= 11 is 3.20. The fraction of sp³-hybridized carbons (Fsp3) is 0.333. The topological polar surface area (TPSA) is 58.2 Å². The van der Waals surface area contributed by atoms with Crippen molar-refractivity contribution < 1.29 is 9.59 Å². The number of thiophene rings is 2. The molecule has 21 heavy (non-hydrogen) atoms. The number of amides is 2. The Hall–Kier alpha value is -1.66. The molecule has 0 aromatic carbocycles. The van der Waals surface area contributed by atoms with E-state index in [9.17, 15) is 9.59 Å². The number of hydrogen-bond donors (Lipinski definition) is 2. The zero-order valence-electron chi connectivity index (χ0n) is 11.6. The number of nitrogens with one attached hydrogen (secondary N) is 2. The Morgan fingerprint density at radius 2 is 2.00 bits per heavy atom. The number of hydrogen-bond acceptors (Lipinski definition) is 4. The van der Waals surface area contributed by atoms with Crippen LogP contribution in [0.1, 0.15) is 28.1 Å². The van der Waals surface area contributed by atoms with Gasteiger partial charge in [0, 0.05) is 35.3 Å². The summed E-state index contributed by atoms with van der Waals surface area (Å²) in [6.07, 6.45) is 1.97. The van der Waals surface area contributed by atoms with E-state index >= 15 is 0 Å². The fourth-order valence-corrected chi connectivity index (χ4v) is 3.16. The third kappa shape index (κ3) is 5.69. The highest BCUT2D eigenvalue weighted by atomic mass is 32.1. The predicted octanol–water partition coefficient (Wildman–Crippen LogP) is 2.68. The first-order valence-corrected chi connectivity index (χ1v) is 8.67. The Bertz CT molecular complexity index is 550. The van der Waals surface area contributed by atoms with E-state index in [-0.39, 0.29) is 11.8 Å². The van der Waals surface area contributed by atoms with Crippen molar-refractivity contribution in [1.82, 2.24) is 10.6 Å². The van der Waals surface area contributed by atoms with Gasteiger partial charge < -0.3 is 10.6 Å². The minimum atomic E-state index is -0.0747. The molecule has 0 saturated heterocycles. The standard InChI is InChI=1S/C15H18N2O2S2/c18-14(16-8-5-13-3-2-9-21-13)4-1-7-17-15(19)12-6-10-20-11-12/h2-3,6,9-11H,1,4-5,7-8H2,(H,16,18)(H,17,19). The van der Waals surface area contributed by atoms with Crippen molar-refractivity contribution in [3.8, 4) is 0 Å². The van der Waals surface area contributed by atoms with Crippen molar-refractivity contribution in [3.63, 3.8) is 0 Å². The van der Waals surface area contributed by atoms with Gasteiger partial charge in [-0.1, -0.05) is 6.07 Å². The molecule has 2 N–H and O–H groups in total. The quantitative estimate of drug-likeness (QED) is 0.734. The van der Waals surface area contributed by atoms with Crippen LogP contribution in [0.2, 0.25) is 0 Å². The van der Waals surface area contributed by atoms with Gasteiger partial charge in [-0.25, -0.2) is 0 Å². The van der Waals surface area contributed by atoms with Gasteiger partial charge >= 0.3 is 0 Å². The number of rotatable bonds is 8. The molecule has 0 fully saturated rings. The van der Waals surface area contributed by atoms with Crippen LogP contribution in [-0.2, 0) is 11.2 Å². The molecule has 4 nitrogen and oxygen atoms in total. The van der Waals surface area contributed by atoms with Crippen LogP contribution < -0.4 is 10.6 Å². The maximum Gasteiger partial charge on any atom is 0.252 e. The largest absolute Gasteiger partial charge is 0.356 e. The molecular formula is C15H18N2O2S2. The Labute approximate surface area is 132 Å². The Balaban J connectivity index is 1.52. The lowest BCUT2D eigenvalue weighted by atomic mass is 10.2. The predicted molar refractivity (Wildman–Crippen MR) is 86.9 cm³/mol. The van der Waals surface area contributed by atoms with Crippen molar-refractivity contribution in [2.75, 3.05) is 13.1 Å². The lowest BCUT2D eigenvalue weighted by molar-refractivity contribution is -0.121. The van der Waals surface area contributed by atoms with Crippen molar-refractivity contribution in [2.24, 2.45) is 0 Å². The Kier molecular flexibility index (Phi) is 6.43. The second kappa shape index (κ2) is 8.59. The maximum atomic E-state index is 11.7. The molecule has 0 spiro atoms. The van der Waals surface area contributed by atoms with Gasteiger partial charge in [-0.3, -0.25) is 9.59 Å². The summed E-state index contributed by atoms with van der Waals surface area (Å²) in [5, 5.41) is 11.4. The zero-order valence-corrected chi connectivity index (χ0v) is 13.3. The number of carbonyl (C=O) groups excluding carboxylic acids is 2. The third-order valence-electron chi connectivity index (χ3n) is 2.92. The monoisotopic (exact) mass is 322 g/mol. The summed E-state index contributed by atoms with van der Waals surface area (Å²) < 4.78 is 0. The van der Waals surface area contributed by atoms with Crippen LogP contribution >= 0.6 is 22.7 Å². The summed E-state index contributed by atoms with van der Waals surface area (Å²) in [6.45, 7) is 1.19. The third-order valence-corrected chi connectivity index (χ3v) is 4.54. The summed E-state index contributed by atoms with van der Waals surface area (Å²) in [5.41, 5.74) is 0.681. The van der Waals surface area contributed by atoms with Gasteiger partial charge in [0.15, 0.2) is 0 Å². The Morgan fingerprint density at radius 1 is 1.10 bits per heavy atom. The lowest BCUT2D eigenvalue weighted by Gasteiger charge is -2.05. The van der Waals surface area contributed by atoms with E-state index in [1.807, 2.05) is 22.2 Å². The normalized spacial score (nSPS) is 10.3. The van der Waals surface area contributed by atoms with Crippen molar-refractivity contribution in [3.05, 3.63) is 44.8 Å². The van der Waals surface area contributed by atoms with Gasteiger partial charge in [0.2, 0.25) is 5.91 Å². The first kappa shape index (κ1) is 15.7. The molecule has 112 valence electrons. The molecule has 0 aliphatic rings. The molecule has 0 aliphatic heterocycles. The second-order valence-electron chi connectivity index (χ2n) is 4.55. The van der Waals surface area contributed by atoms with Gasteiger partial charge in [-0.2, -0.15) is 11.3 Å². The second-order valence-corrected chi connectivity index (χ2v) is 6.36. The summed E-state index contributed by atoms with van der Waals surface area (Å²) in [6, 6.07) is 5.87. The lowest BCUT2D eigenvalue weighted by Crippen LogP contribution is -2.28. The molecule has 2 aromatic rings. The minimum absolute atomic E-state index is 0.0383. The van der Waals surface area contributed by atoms with E-state index in [2.05, 4.69) is 16.7 Å². The van der Waals surface area contributed by atoms with Crippen molar-refractivity contribution in [2.45, 2.75) is 19.3 Å². The van der Waals surface area contributed by atoms with E-state index in [1.54, 1.807) is 17.4 Å². The zero-order chi connectivity index (χ0) is 14.9. The molecule has 0 aliphatic carbocycles. The molecule has 6 heteroatoms. The van der Waals surface area contributed by atoms with Gasteiger partial charge in [0.1, 0.15) is 0 Å². The van der Waals surface area contributed by atoms with E-state index < -0.39 is 0 Å². The summed E-state index contributed by atoms with van der Waals surface area (Å²) in [4.78, 5) is 24.6. The Morgan fingerprint density at radius 3 is 2.71 bits per heavy atom. The van der Waals surface area contributed by atoms with E-state index in [0.29, 0.717) is 31.5 Å². The van der Waals surface area contributed by atoms with E-state index in [0.717, 1.165) is 6.42 Å². The van der Waals surface area contributed by atoms with Gasteiger partial charge in [-0.05, 0) is 35.7 Å². The average Bonchev–Trinajstić information content (AvgIpc) is 3.16. The molecule has 2 rings (SSSR count). The molecule has 2 amide bonds. The van der Waals surface area contributed by atoms with Gasteiger partial charge in [0.25, 0.3) is 5.91 Å². The summed E-state index contributed by atoms with van der Waals surface area (Å²) in [5.74, 6) is -0.0364. The molecule has 2 aromatic heterocycles. The van der Waals surface area contributed by atoms with E-state index in [4.69, 9.17) is 0 Å². The smallest absolute Gasteiger partial charge is 0.252 e. The molecule has 0 saturated carbocycles. The first-order valence-electron chi connectivity index (χ1n) is 6.85. The average molecular weight is 322 g/mol. The van der Waals surface area contributed by atoms with Crippen LogP contribution in [0.15, 0.2) is 34.3 Å². The van der Waals surface area contributed by atoms with Crippen LogP contribution in [0.3, 0.4) is 0 Å². The highest BCUT2D eigenvalue weighted by Crippen LogP contribution is 2.08. The highest BCUT2D eigenvalue weighted by Gasteiger charge is 2.05. The van der Waals surface area contributed by atoms with Gasteiger partial charge in [-0.15, -0.1) is 11.3 Å². The minimum Gasteiger partial charge on any atom is -0.356 e. The van der Waals surface area contributed by atoms with Crippen LogP contribution in [-0.4, -0.2) is 24.9 Å². The van der Waals surface area contributed by atoms with Crippen LogP contribution in [0.4, 0.5) is 0 Å². The van der Waals surface area contributed by atoms with Crippen LogP contribution in [0.25, 0.3) is 0 Å². The number of carbonyl (C=O) groups is 2.